The molecular formula is C15H25N3. The molecule has 2 heterocycles. The highest BCUT2D eigenvalue weighted by Gasteiger charge is 2.24. The summed E-state index contributed by atoms with van der Waals surface area (Å²) in [5.74, 6) is 0.762. The Balaban J connectivity index is 1.92. The number of nitrogens with one attached hydrogen (secondary N) is 1. The van der Waals surface area contributed by atoms with Gasteiger partial charge in [-0.25, -0.2) is 0 Å². The molecule has 1 fully saturated rings. The van der Waals surface area contributed by atoms with E-state index in [4.69, 9.17) is 0 Å². The number of hydrogen-bond acceptors (Lipinski definition) is 3. The van der Waals surface area contributed by atoms with Crippen molar-refractivity contribution in [3.8, 4) is 0 Å². The van der Waals surface area contributed by atoms with Gasteiger partial charge in [0.2, 0.25) is 0 Å². The Morgan fingerprint density at radius 1 is 1.44 bits per heavy atom. The topological polar surface area (TPSA) is 28.2 Å². The first-order valence-electron chi connectivity index (χ1n) is 7.19. The molecule has 100 valence electrons. The third-order valence-corrected chi connectivity index (χ3v) is 3.91. The van der Waals surface area contributed by atoms with Gasteiger partial charge in [-0.2, -0.15) is 0 Å². The summed E-state index contributed by atoms with van der Waals surface area (Å²) in [6.07, 6.45) is 7.63. The van der Waals surface area contributed by atoms with E-state index in [1.807, 2.05) is 12.4 Å². The first kappa shape index (κ1) is 13.3. The zero-order chi connectivity index (χ0) is 12.8. The average molecular weight is 247 g/mol. The summed E-state index contributed by atoms with van der Waals surface area (Å²) in [5, 5.41) is 3.63. The highest BCUT2D eigenvalue weighted by atomic mass is 15.1. The molecule has 3 heteroatoms. The first-order valence-corrected chi connectivity index (χ1v) is 7.19. The molecule has 3 nitrogen and oxygen atoms in total. The van der Waals surface area contributed by atoms with Crippen molar-refractivity contribution in [3.05, 3.63) is 24.5 Å². The largest absolute Gasteiger partial charge is 0.371 e. The highest BCUT2D eigenvalue weighted by Crippen LogP contribution is 2.24. The van der Waals surface area contributed by atoms with Crippen LogP contribution >= 0.6 is 0 Å². The van der Waals surface area contributed by atoms with E-state index >= 15 is 0 Å². The van der Waals surface area contributed by atoms with Crippen LogP contribution in [0, 0.1) is 5.92 Å². The summed E-state index contributed by atoms with van der Waals surface area (Å²) in [6.45, 7) is 8.04. The molecule has 1 aliphatic rings. The van der Waals surface area contributed by atoms with E-state index in [1.165, 1.54) is 38.0 Å². The van der Waals surface area contributed by atoms with Crippen LogP contribution in [0.15, 0.2) is 24.5 Å². The Kier molecular flexibility index (Phi) is 5.00. The molecule has 1 aromatic heterocycles. The molecular weight excluding hydrogens is 222 g/mol. The molecule has 2 unspecified atom stereocenters. The Bertz CT molecular complexity index is 339. The molecule has 0 radical (unpaired) electrons. The lowest BCUT2D eigenvalue weighted by Gasteiger charge is -2.37. The van der Waals surface area contributed by atoms with Gasteiger partial charge in [-0.05, 0) is 50.8 Å². The summed E-state index contributed by atoms with van der Waals surface area (Å²) < 4.78 is 0. The monoisotopic (exact) mass is 247 g/mol. The number of aromatic nitrogens is 1. The standard InChI is InChI=1S/C15H25N3/c1-3-8-17-13(2)14-5-4-11-18(12-14)15-6-9-16-10-7-15/h6-7,9-10,13-14,17H,3-5,8,11-12H2,1-2H3. The van der Waals surface area contributed by atoms with Crippen LogP contribution in [0.4, 0.5) is 5.69 Å². The number of pyridine rings is 1. The van der Waals surface area contributed by atoms with Crippen LogP contribution in [0.1, 0.15) is 33.1 Å². The molecule has 0 aromatic carbocycles. The van der Waals surface area contributed by atoms with E-state index < -0.39 is 0 Å². The van der Waals surface area contributed by atoms with Crippen LogP contribution in [0.3, 0.4) is 0 Å². The van der Waals surface area contributed by atoms with Gasteiger partial charge in [0.25, 0.3) is 0 Å². The lowest BCUT2D eigenvalue weighted by Crippen LogP contribution is -2.44. The fraction of sp³-hybridized carbons (Fsp3) is 0.667. The molecule has 1 aromatic rings. The predicted molar refractivity (Wildman–Crippen MR) is 76.9 cm³/mol. The van der Waals surface area contributed by atoms with Gasteiger partial charge in [-0.3, -0.25) is 4.98 Å². The van der Waals surface area contributed by atoms with Gasteiger partial charge in [-0.1, -0.05) is 6.92 Å². The van der Waals surface area contributed by atoms with Crippen LogP contribution in [-0.2, 0) is 0 Å². The van der Waals surface area contributed by atoms with Crippen LogP contribution in [-0.4, -0.2) is 30.7 Å². The quantitative estimate of drug-likeness (QED) is 0.867. The van der Waals surface area contributed by atoms with Crippen molar-refractivity contribution in [2.75, 3.05) is 24.5 Å². The molecule has 18 heavy (non-hydrogen) atoms. The lowest BCUT2D eigenvalue weighted by molar-refractivity contribution is 0.321. The molecule has 0 saturated carbocycles. The van der Waals surface area contributed by atoms with Crippen molar-refractivity contribution in [1.82, 2.24) is 10.3 Å². The summed E-state index contributed by atoms with van der Waals surface area (Å²) in [7, 11) is 0. The van der Waals surface area contributed by atoms with Gasteiger partial charge in [0, 0.05) is 37.2 Å². The molecule has 1 saturated heterocycles. The van der Waals surface area contributed by atoms with Crippen LogP contribution in [0.5, 0.6) is 0 Å². The molecule has 0 aliphatic carbocycles. The van der Waals surface area contributed by atoms with Crippen molar-refractivity contribution in [3.63, 3.8) is 0 Å². The second-order valence-corrected chi connectivity index (χ2v) is 5.30. The maximum atomic E-state index is 4.10. The van der Waals surface area contributed by atoms with E-state index in [-0.39, 0.29) is 0 Å². The van der Waals surface area contributed by atoms with Crippen molar-refractivity contribution in [2.24, 2.45) is 5.92 Å². The lowest BCUT2D eigenvalue weighted by atomic mass is 9.91. The van der Waals surface area contributed by atoms with E-state index in [0.29, 0.717) is 6.04 Å². The van der Waals surface area contributed by atoms with Gasteiger partial charge < -0.3 is 10.2 Å². The smallest absolute Gasteiger partial charge is 0.0397 e. The number of nitrogens with zero attached hydrogens (tertiary/aromatic N) is 2. The van der Waals surface area contributed by atoms with E-state index in [2.05, 4.69) is 41.2 Å². The third-order valence-electron chi connectivity index (χ3n) is 3.91. The summed E-state index contributed by atoms with van der Waals surface area (Å²) in [4.78, 5) is 6.60. The van der Waals surface area contributed by atoms with Gasteiger partial charge in [0.1, 0.15) is 0 Å². The summed E-state index contributed by atoms with van der Waals surface area (Å²) >= 11 is 0. The molecule has 0 amide bonds. The van der Waals surface area contributed by atoms with Gasteiger partial charge in [0.15, 0.2) is 0 Å². The van der Waals surface area contributed by atoms with Crippen LogP contribution in [0.25, 0.3) is 0 Å². The van der Waals surface area contributed by atoms with E-state index in [9.17, 15) is 0 Å². The van der Waals surface area contributed by atoms with Crippen molar-refractivity contribution in [2.45, 2.75) is 39.2 Å². The number of anilines is 1. The minimum absolute atomic E-state index is 0.620. The van der Waals surface area contributed by atoms with Crippen LogP contribution in [0.2, 0.25) is 0 Å². The van der Waals surface area contributed by atoms with E-state index in [1.54, 1.807) is 0 Å². The number of piperidine rings is 1. The normalized spacial score (nSPS) is 21.9. The van der Waals surface area contributed by atoms with Gasteiger partial charge in [0.05, 0.1) is 0 Å². The molecule has 2 rings (SSSR count). The Hall–Kier alpha value is -1.09. The van der Waals surface area contributed by atoms with Crippen molar-refractivity contribution < 1.29 is 0 Å². The van der Waals surface area contributed by atoms with Crippen molar-refractivity contribution >= 4 is 5.69 Å². The number of rotatable bonds is 5. The summed E-state index contributed by atoms with van der Waals surface area (Å²) in [6, 6.07) is 4.86. The minimum Gasteiger partial charge on any atom is -0.371 e. The van der Waals surface area contributed by atoms with E-state index in [0.717, 1.165) is 12.5 Å². The Labute approximate surface area is 111 Å². The first-order chi connectivity index (χ1) is 8.81. The molecule has 1 N–H and O–H groups in total. The minimum atomic E-state index is 0.620. The third kappa shape index (κ3) is 3.45. The predicted octanol–water partition coefficient (Wildman–Crippen LogP) is 2.69. The average Bonchev–Trinajstić information content (AvgIpc) is 2.46. The Morgan fingerprint density at radius 2 is 2.22 bits per heavy atom. The zero-order valence-electron chi connectivity index (χ0n) is 11.6. The zero-order valence-corrected chi connectivity index (χ0v) is 11.6. The molecule has 1 aliphatic heterocycles. The molecule has 0 bridgehead atoms. The maximum Gasteiger partial charge on any atom is 0.0397 e. The van der Waals surface area contributed by atoms with Crippen molar-refractivity contribution in [1.29, 1.82) is 0 Å². The highest BCUT2D eigenvalue weighted by molar-refractivity contribution is 5.45. The molecule has 2 atom stereocenters. The Morgan fingerprint density at radius 3 is 2.94 bits per heavy atom. The number of hydrogen-bond donors (Lipinski definition) is 1. The fourth-order valence-electron chi connectivity index (χ4n) is 2.75. The fourth-order valence-corrected chi connectivity index (χ4v) is 2.75. The van der Waals surface area contributed by atoms with Crippen LogP contribution < -0.4 is 10.2 Å². The van der Waals surface area contributed by atoms with Gasteiger partial charge in [-0.15, -0.1) is 0 Å². The SMILES string of the molecule is CCCNC(C)C1CCCN(c2ccncc2)C1. The second kappa shape index (κ2) is 6.74. The molecule has 0 spiro atoms. The maximum absolute atomic E-state index is 4.10. The van der Waals surface area contributed by atoms with Gasteiger partial charge >= 0.3 is 0 Å². The second-order valence-electron chi connectivity index (χ2n) is 5.30. The summed E-state index contributed by atoms with van der Waals surface area (Å²) in [5.41, 5.74) is 1.32.